The maximum atomic E-state index is 11.5. The average molecular weight is 282 g/mol. The first kappa shape index (κ1) is 13.2. The number of rotatable bonds is 4. The monoisotopic (exact) mass is 281 g/mol. The second-order valence-corrected chi connectivity index (χ2v) is 4.22. The number of hydrogen-bond acceptors (Lipinski definition) is 4. The fourth-order valence-corrected chi connectivity index (χ4v) is 1.68. The molecule has 0 atom stereocenters. The number of aromatic amines is 1. The summed E-state index contributed by atoms with van der Waals surface area (Å²) in [7, 11) is 0. The number of aromatic nitrogens is 2. The lowest BCUT2D eigenvalue weighted by Crippen LogP contribution is -2.31. The smallest absolute Gasteiger partial charge is 0.328 e. The first-order valence-corrected chi connectivity index (χ1v) is 5.92. The van der Waals surface area contributed by atoms with Crippen LogP contribution < -0.4 is 21.7 Å². The molecule has 1 heterocycles. The zero-order valence-corrected chi connectivity index (χ0v) is 10.7. The van der Waals surface area contributed by atoms with Crippen molar-refractivity contribution >= 4 is 17.3 Å². The van der Waals surface area contributed by atoms with Gasteiger partial charge in [-0.25, -0.2) is 4.79 Å². The lowest BCUT2D eigenvalue weighted by atomic mass is 10.3. The van der Waals surface area contributed by atoms with Crippen molar-refractivity contribution in [3.63, 3.8) is 0 Å². The fourth-order valence-electron chi connectivity index (χ4n) is 1.51. The molecular weight excluding hydrogens is 270 g/mol. The van der Waals surface area contributed by atoms with Gasteiger partial charge in [-0.15, -0.1) is 0 Å². The number of anilines is 1. The minimum absolute atomic E-state index is 0.0428. The Labute approximate surface area is 113 Å². The SMILES string of the molecule is Nc1ccccc1OCCn1cc(Cl)c(=O)[nH]c1=O. The minimum Gasteiger partial charge on any atom is -0.490 e. The minimum atomic E-state index is -0.601. The van der Waals surface area contributed by atoms with Crippen LogP contribution in [0.2, 0.25) is 5.02 Å². The molecule has 1 aromatic carbocycles. The predicted molar refractivity (Wildman–Crippen MR) is 72.7 cm³/mol. The van der Waals surface area contributed by atoms with E-state index < -0.39 is 11.2 Å². The van der Waals surface area contributed by atoms with Gasteiger partial charge in [0.2, 0.25) is 0 Å². The third-order valence-corrected chi connectivity index (χ3v) is 2.75. The summed E-state index contributed by atoms with van der Waals surface area (Å²) in [6, 6.07) is 7.06. The molecule has 0 aliphatic heterocycles. The Hall–Kier alpha value is -2.21. The third kappa shape index (κ3) is 3.17. The topological polar surface area (TPSA) is 90.1 Å². The Bertz CT molecular complexity index is 693. The number of nitrogen functional groups attached to an aromatic ring is 1. The lowest BCUT2D eigenvalue weighted by molar-refractivity contribution is 0.296. The highest BCUT2D eigenvalue weighted by Gasteiger charge is 2.03. The summed E-state index contributed by atoms with van der Waals surface area (Å²) in [5, 5.41) is -0.0428. The van der Waals surface area contributed by atoms with Crippen LogP contribution in [-0.2, 0) is 6.54 Å². The number of hydrogen-bond donors (Lipinski definition) is 2. The van der Waals surface area contributed by atoms with Crippen LogP contribution in [0.15, 0.2) is 40.1 Å². The average Bonchev–Trinajstić information content (AvgIpc) is 2.38. The Balaban J connectivity index is 2.04. The van der Waals surface area contributed by atoms with Crippen molar-refractivity contribution in [1.82, 2.24) is 9.55 Å². The molecule has 0 bridgehead atoms. The zero-order valence-electron chi connectivity index (χ0n) is 9.93. The molecule has 0 spiro atoms. The van der Waals surface area contributed by atoms with Gasteiger partial charge in [-0.2, -0.15) is 0 Å². The van der Waals surface area contributed by atoms with E-state index in [2.05, 4.69) is 4.98 Å². The van der Waals surface area contributed by atoms with Crippen molar-refractivity contribution in [2.45, 2.75) is 6.54 Å². The molecule has 100 valence electrons. The van der Waals surface area contributed by atoms with Crippen LogP contribution in [0.3, 0.4) is 0 Å². The van der Waals surface area contributed by atoms with Crippen molar-refractivity contribution in [2.24, 2.45) is 0 Å². The van der Waals surface area contributed by atoms with Gasteiger partial charge in [-0.3, -0.25) is 14.3 Å². The molecule has 0 saturated carbocycles. The van der Waals surface area contributed by atoms with Gasteiger partial charge in [-0.05, 0) is 12.1 Å². The van der Waals surface area contributed by atoms with Crippen LogP contribution >= 0.6 is 11.6 Å². The van der Waals surface area contributed by atoms with Gasteiger partial charge in [0.25, 0.3) is 5.56 Å². The maximum Gasteiger partial charge on any atom is 0.328 e. The van der Waals surface area contributed by atoms with E-state index in [4.69, 9.17) is 22.1 Å². The van der Waals surface area contributed by atoms with E-state index in [0.29, 0.717) is 11.4 Å². The largest absolute Gasteiger partial charge is 0.490 e. The van der Waals surface area contributed by atoms with Crippen LogP contribution in [0.1, 0.15) is 0 Å². The van der Waals surface area contributed by atoms with E-state index in [9.17, 15) is 9.59 Å². The zero-order chi connectivity index (χ0) is 13.8. The first-order chi connectivity index (χ1) is 9.08. The Kier molecular flexibility index (Phi) is 3.91. The van der Waals surface area contributed by atoms with Gasteiger partial charge in [-0.1, -0.05) is 23.7 Å². The highest BCUT2D eigenvalue weighted by molar-refractivity contribution is 6.30. The highest BCUT2D eigenvalue weighted by atomic mass is 35.5. The molecular formula is C12H12ClN3O3. The summed E-state index contributed by atoms with van der Waals surface area (Å²) >= 11 is 5.64. The van der Waals surface area contributed by atoms with Gasteiger partial charge < -0.3 is 10.5 Å². The molecule has 1 aromatic heterocycles. The highest BCUT2D eigenvalue weighted by Crippen LogP contribution is 2.19. The summed E-state index contributed by atoms with van der Waals surface area (Å²) in [4.78, 5) is 24.7. The summed E-state index contributed by atoms with van der Waals surface area (Å²) in [6.45, 7) is 0.486. The number of benzene rings is 1. The second-order valence-electron chi connectivity index (χ2n) is 3.82. The second kappa shape index (κ2) is 5.62. The van der Waals surface area contributed by atoms with Crippen molar-refractivity contribution < 1.29 is 4.74 Å². The van der Waals surface area contributed by atoms with E-state index in [1.807, 2.05) is 0 Å². The van der Waals surface area contributed by atoms with Gasteiger partial charge in [0, 0.05) is 6.20 Å². The van der Waals surface area contributed by atoms with Gasteiger partial charge in [0.1, 0.15) is 17.4 Å². The number of H-pyrrole nitrogens is 1. The van der Waals surface area contributed by atoms with Crippen LogP contribution in [-0.4, -0.2) is 16.2 Å². The first-order valence-electron chi connectivity index (χ1n) is 5.54. The predicted octanol–water partition coefficient (Wildman–Crippen LogP) is 0.851. The standard InChI is InChI=1S/C12H12ClN3O3/c13-8-7-16(12(18)15-11(8)17)5-6-19-10-4-2-1-3-9(10)14/h1-4,7H,5-6,14H2,(H,15,17,18). The molecule has 0 radical (unpaired) electrons. The Morgan fingerprint density at radius 1 is 1.32 bits per heavy atom. The molecule has 6 nitrogen and oxygen atoms in total. The van der Waals surface area contributed by atoms with Gasteiger partial charge >= 0.3 is 5.69 Å². The van der Waals surface area contributed by atoms with Crippen molar-refractivity contribution in [1.29, 1.82) is 0 Å². The van der Waals surface area contributed by atoms with E-state index in [-0.39, 0.29) is 18.2 Å². The summed E-state index contributed by atoms with van der Waals surface area (Å²) in [6.07, 6.45) is 1.28. The van der Waals surface area contributed by atoms with E-state index in [1.54, 1.807) is 24.3 Å². The quantitative estimate of drug-likeness (QED) is 0.813. The van der Waals surface area contributed by atoms with E-state index >= 15 is 0 Å². The molecule has 0 saturated heterocycles. The molecule has 0 fully saturated rings. The van der Waals surface area contributed by atoms with Crippen LogP contribution in [0.5, 0.6) is 5.75 Å². The van der Waals surface area contributed by atoms with Gasteiger partial charge in [0.15, 0.2) is 0 Å². The molecule has 3 N–H and O–H groups in total. The fraction of sp³-hybridized carbons (Fsp3) is 0.167. The van der Waals surface area contributed by atoms with Crippen LogP contribution in [0.4, 0.5) is 5.69 Å². The molecule has 7 heteroatoms. The molecule has 0 amide bonds. The summed E-state index contributed by atoms with van der Waals surface area (Å²) in [5.41, 5.74) is 5.10. The molecule has 0 aliphatic rings. The Morgan fingerprint density at radius 2 is 2.05 bits per heavy atom. The van der Waals surface area contributed by atoms with E-state index in [1.165, 1.54) is 10.8 Å². The molecule has 0 aliphatic carbocycles. The van der Waals surface area contributed by atoms with Crippen LogP contribution in [0, 0.1) is 0 Å². The number of halogens is 1. The number of nitrogens with zero attached hydrogens (tertiary/aromatic N) is 1. The molecule has 0 unspecified atom stereocenters. The third-order valence-electron chi connectivity index (χ3n) is 2.48. The molecule has 2 aromatic rings. The van der Waals surface area contributed by atoms with E-state index in [0.717, 1.165) is 0 Å². The Morgan fingerprint density at radius 3 is 2.79 bits per heavy atom. The summed E-state index contributed by atoms with van der Waals surface area (Å²) < 4.78 is 6.71. The van der Waals surface area contributed by atoms with Crippen molar-refractivity contribution in [3.05, 3.63) is 56.3 Å². The molecule has 19 heavy (non-hydrogen) atoms. The maximum absolute atomic E-state index is 11.5. The normalized spacial score (nSPS) is 10.4. The summed E-state index contributed by atoms with van der Waals surface area (Å²) in [5.74, 6) is 0.547. The van der Waals surface area contributed by atoms with Crippen molar-refractivity contribution in [3.8, 4) is 5.75 Å². The number of para-hydroxylation sites is 2. The lowest BCUT2D eigenvalue weighted by Gasteiger charge is -2.09. The number of ether oxygens (including phenoxy) is 1. The number of nitrogens with one attached hydrogen (secondary N) is 1. The van der Waals surface area contributed by atoms with Crippen LogP contribution in [0.25, 0.3) is 0 Å². The number of nitrogens with two attached hydrogens (primary N) is 1. The van der Waals surface area contributed by atoms with Gasteiger partial charge in [0.05, 0.1) is 12.2 Å². The van der Waals surface area contributed by atoms with Crippen molar-refractivity contribution in [2.75, 3.05) is 12.3 Å². The molecule has 2 rings (SSSR count).